The van der Waals surface area contributed by atoms with Crippen LogP contribution in [0, 0.1) is 5.82 Å². The number of piperidine rings is 1. The molecular formula is C25H26FN7O3S. The molecule has 3 aliphatic heterocycles. The summed E-state index contributed by atoms with van der Waals surface area (Å²) in [6.45, 7) is 2.68. The van der Waals surface area contributed by atoms with Crippen LogP contribution in [-0.2, 0) is 22.7 Å². The van der Waals surface area contributed by atoms with Crippen molar-refractivity contribution in [3.05, 3.63) is 40.7 Å². The Bertz CT molecular complexity index is 1440. The van der Waals surface area contributed by atoms with Crippen molar-refractivity contribution in [2.45, 2.75) is 44.8 Å². The van der Waals surface area contributed by atoms with Crippen molar-refractivity contribution in [2.75, 3.05) is 24.1 Å². The number of likely N-dealkylation sites (tertiary alicyclic amines) is 1. The first-order valence-corrected chi connectivity index (χ1v) is 13.5. The number of nitrogens with zero attached hydrogens (tertiary/aromatic N) is 4. The van der Waals surface area contributed by atoms with Gasteiger partial charge in [-0.1, -0.05) is 11.9 Å². The molecule has 0 spiro atoms. The fraction of sp³-hybridized carbons (Fsp3) is 0.400. The van der Waals surface area contributed by atoms with Crippen LogP contribution >= 0.6 is 11.9 Å². The lowest BCUT2D eigenvalue weighted by atomic mass is 10.0. The molecule has 1 aromatic carbocycles. The van der Waals surface area contributed by atoms with Crippen LogP contribution in [0.2, 0.25) is 0 Å². The molecule has 12 heteroatoms. The summed E-state index contributed by atoms with van der Waals surface area (Å²) in [6.07, 6.45) is 4.57. The fourth-order valence-corrected chi connectivity index (χ4v) is 5.81. The Morgan fingerprint density at radius 1 is 1.19 bits per heavy atom. The summed E-state index contributed by atoms with van der Waals surface area (Å²) in [7, 11) is 0. The summed E-state index contributed by atoms with van der Waals surface area (Å²) in [6, 6.07) is 4.27. The Balaban J connectivity index is 1.39. The van der Waals surface area contributed by atoms with Crippen molar-refractivity contribution in [1.29, 1.82) is 0 Å². The van der Waals surface area contributed by atoms with Gasteiger partial charge in [0.25, 0.3) is 5.91 Å². The van der Waals surface area contributed by atoms with E-state index < -0.39 is 23.7 Å². The summed E-state index contributed by atoms with van der Waals surface area (Å²) in [5.41, 5.74) is 3.64. The predicted octanol–water partition coefficient (Wildman–Crippen LogP) is 2.81. The number of pyridine rings is 1. The Labute approximate surface area is 216 Å². The van der Waals surface area contributed by atoms with Gasteiger partial charge in [-0.2, -0.15) is 5.10 Å². The predicted molar refractivity (Wildman–Crippen MR) is 137 cm³/mol. The van der Waals surface area contributed by atoms with Crippen LogP contribution in [0.15, 0.2) is 18.2 Å². The third-order valence-corrected chi connectivity index (χ3v) is 7.72. The normalized spacial score (nSPS) is 20.1. The van der Waals surface area contributed by atoms with Gasteiger partial charge in [-0.3, -0.25) is 29.7 Å². The minimum absolute atomic E-state index is 0.0337. The van der Waals surface area contributed by atoms with E-state index in [2.05, 4.69) is 25.1 Å². The second-order valence-electron chi connectivity index (χ2n) is 9.61. The summed E-state index contributed by atoms with van der Waals surface area (Å²) in [5.74, 6) is -1.24. The number of anilines is 1. The topological polar surface area (TPSA) is 123 Å². The first-order valence-electron chi connectivity index (χ1n) is 12.3. The number of benzene rings is 1. The van der Waals surface area contributed by atoms with Crippen molar-refractivity contribution in [2.24, 2.45) is 0 Å². The number of hydrogen-bond donors (Lipinski definition) is 3. The molecule has 6 rings (SSSR count). The van der Waals surface area contributed by atoms with Crippen LogP contribution in [0.5, 0.6) is 0 Å². The van der Waals surface area contributed by atoms with E-state index in [4.69, 9.17) is 4.98 Å². The van der Waals surface area contributed by atoms with Gasteiger partial charge in [-0.05, 0) is 56.1 Å². The second-order valence-corrected chi connectivity index (χ2v) is 10.2. The molecule has 1 atom stereocenters. The van der Waals surface area contributed by atoms with Crippen molar-refractivity contribution in [3.63, 3.8) is 0 Å². The van der Waals surface area contributed by atoms with Crippen LogP contribution in [0.3, 0.4) is 0 Å². The van der Waals surface area contributed by atoms with Gasteiger partial charge in [-0.25, -0.2) is 9.37 Å². The second kappa shape index (κ2) is 9.42. The molecule has 3 aromatic rings. The molecule has 3 N–H and O–H groups in total. The Morgan fingerprint density at radius 2 is 1.97 bits per heavy atom. The van der Waals surface area contributed by atoms with E-state index >= 15 is 4.39 Å². The maximum absolute atomic E-state index is 16.0. The average Bonchev–Trinajstić information content (AvgIpc) is 3.61. The highest BCUT2D eigenvalue weighted by atomic mass is 32.2. The molecule has 3 aliphatic rings. The Morgan fingerprint density at radius 3 is 2.73 bits per heavy atom. The van der Waals surface area contributed by atoms with Crippen LogP contribution < -0.4 is 10.0 Å². The number of aromatic nitrogens is 3. The fourth-order valence-electron chi connectivity index (χ4n) is 5.47. The number of aromatic amines is 1. The first kappa shape index (κ1) is 23.9. The van der Waals surface area contributed by atoms with E-state index in [0.29, 0.717) is 23.6 Å². The van der Waals surface area contributed by atoms with Crippen molar-refractivity contribution in [1.82, 2.24) is 30.3 Å². The number of nitrogens with one attached hydrogen (secondary N) is 3. The lowest BCUT2D eigenvalue weighted by Gasteiger charge is -2.29. The third-order valence-electron chi connectivity index (χ3n) is 7.32. The van der Waals surface area contributed by atoms with Gasteiger partial charge in [0, 0.05) is 35.9 Å². The Kier molecular flexibility index (Phi) is 6.07. The number of hydrogen-bond acceptors (Lipinski definition) is 8. The van der Waals surface area contributed by atoms with Gasteiger partial charge in [0.1, 0.15) is 17.4 Å². The number of halogens is 1. The van der Waals surface area contributed by atoms with E-state index in [1.54, 1.807) is 12.1 Å². The molecule has 37 heavy (non-hydrogen) atoms. The number of rotatable bonds is 6. The molecule has 0 aliphatic carbocycles. The highest BCUT2D eigenvalue weighted by Gasteiger charge is 2.40. The minimum Gasteiger partial charge on any atom is -0.322 e. The van der Waals surface area contributed by atoms with Crippen molar-refractivity contribution in [3.8, 4) is 11.3 Å². The van der Waals surface area contributed by atoms with Gasteiger partial charge in [0.05, 0.1) is 17.8 Å². The zero-order valence-corrected chi connectivity index (χ0v) is 21.1. The number of fused-ring (bicyclic) bond motifs is 2. The molecule has 3 amide bonds. The molecule has 2 saturated heterocycles. The summed E-state index contributed by atoms with van der Waals surface area (Å²) in [5, 5.41) is 9.73. The number of carbonyl (C=O) groups excluding carboxylic acids is 3. The number of H-pyrrole nitrogens is 1. The lowest BCUT2D eigenvalue weighted by molar-refractivity contribution is -0.136. The molecule has 2 fully saturated rings. The monoisotopic (exact) mass is 523 g/mol. The third kappa shape index (κ3) is 4.13. The molecule has 10 nitrogen and oxygen atoms in total. The average molecular weight is 524 g/mol. The van der Waals surface area contributed by atoms with E-state index in [-0.39, 0.29) is 42.0 Å². The molecule has 2 aromatic heterocycles. The van der Waals surface area contributed by atoms with Crippen LogP contribution in [0.4, 0.5) is 10.2 Å². The molecule has 192 valence electrons. The number of carbonyl (C=O) groups is 3. The SMILES string of the molecule is CSNc1n[nH]c2c(CN3CCCC3)cc(-c3ccc4c(c3F)CN(C3CCC(=O)NC3=O)C4=O)nc12. The zero-order valence-electron chi connectivity index (χ0n) is 20.3. The summed E-state index contributed by atoms with van der Waals surface area (Å²) in [4.78, 5) is 45.5. The van der Waals surface area contributed by atoms with Crippen molar-refractivity contribution < 1.29 is 18.8 Å². The van der Waals surface area contributed by atoms with E-state index in [1.165, 1.54) is 16.8 Å². The van der Waals surface area contributed by atoms with E-state index in [0.717, 1.165) is 37.0 Å². The quantitative estimate of drug-likeness (QED) is 0.333. The smallest absolute Gasteiger partial charge is 0.255 e. The molecule has 5 heterocycles. The summed E-state index contributed by atoms with van der Waals surface area (Å²) < 4.78 is 19.1. The maximum atomic E-state index is 16.0. The molecular weight excluding hydrogens is 497 g/mol. The van der Waals surface area contributed by atoms with Gasteiger partial charge in [0.15, 0.2) is 5.82 Å². The van der Waals surface area contributed by atoms with Gasteiger partial charge >= 0.3 is 0 Å². The molecule has 0 radical (unpaired) electrons. The maximum Gasteiger partial charge on any atom is 0.255 e. The zero-order chi connectivity index (χ0) is 25.7. The van der Waals surface area contributed by atoms with Crippen LogP contribution in [-0.4, -0.2) is 68.1 Å². The first-order chi connectivity index (χ1) is 17.9. The van der Waals surface area contributed by atoms with Gasteiger partial charge < -0.3 is 9.62 Å². The number of amides is 3. The minimum atomic E-state index is -0.798. The highest BCUT2D eigenvalue weighted by Crippen LogP contribution is 2.36. The molecule has 1 unspecified atom stereocenters. The summed E-state index contributed by atoms with van der Waals surface area (Å²) >= 11 is 1.39. The van der Waals surface area contributed by atoms with Gasteiger partial charge in [0.2, 0.25) is 11.8 Å². The van der Waals surface area contributed by atoms with Crippen molar-refractivity contribution >= 4 is 46.5 Å². The molecule has 0 bridgehead atoms. The lowest BCUT2D eigenvalue weighted by Crippen LogP contribution is -2.52. The van der Waals surface area contributed by atoms with Crippen LogP contribution in [0.25, 0.3) is 22.3 Å². The van der Waals surface area contributed by atoms with Gasteiger partial charge in [-0.15, -0.1) is 0 Å². The Hall–Kier alpha value is -3.51. The van der Waals surface area contributed by atoms with Crippen LogP contribution in [0.1, 0.15) is 47.2 Å². The van der Waals surface area contributed by atoms with E-state index in [1.807, 2.05) is 12.3 Å². The number of imide groups is 1. The standard InChI is InChI=1S/C25H26FN7O3S/c1-37-31-23-22-21(29-30-23)13(11-32-8-2-3-9-32)10-17(27-22)15-5-4-14-16(20(15)26)12-33(25(14)36)18-6-7-19(34)28-24(18)35/h4-5,10,18H,2-3,6-9,11-12H2,1H3,(H,28,34,35)(H2,29,30,31). The van der Waals surface area contributed by atoms with E-state index in [9.17, 15) is 14.4 Å². The molecule has 0 saturated carbocycles. The highest BCUT2D eigenvalue weighted by molar-refractivity contribution is 7.99. The largest absolute Gasteiger partial charge is 0.322 e.